The van der Waals surface area contributed by atoms with Gasteiger partial charge in [0.15, 0.2) is 0 Å². The second-order valence-corrected chi connectivity index (χ2v) is 2.85. The van der Waals surface area contributed by atoms with Gasteiger partial charge in [0.2, 0.25) is 12.1 Å². The highest BCUT2D eigenvalue weighted by atomic mass is 19.1. The quantitative estimate of drug-likeness (QED) is 0.644. The van der Waals surface area contributed by atoms with Crippen molar-refractivity contribution in [3.8, 4) is 0 Å². The number of amides is 1. The molecule has 2 atom stereocenters. The van der Waals surface area contributed by atoms with Crippen LogP contribution in [0.25, 0.3) is 0 Å². The van der Waals surface area contributed by atoms with E-state index in [0.717, 1.165) is 0 Å². The lowest BCUT2D eigenvalue weighted by molar-refractivity contribution is -0.145. The molecular weight excluding hydrogens is 165 g/mol. The molecule has 0 aliphatic carbocycles. The minimum absolute atomic E-state index is 0.191. The minimum Gasteiger partial charge on any atom is -0.479 e. The van der Waals surface area contributed by atoms with Gasteiger partial charge in [-0.1, -0.05) is 0 Å². The molecule has 1 fully saturated rings. The van der Waals surface area contributed by atoms with E-state index >= 15 is 0 Å². The maximum atomic E-state index is 12.9. The number of carboxylic acid groups (broad SMARTS) is 1. The Morgan fingerprint density at radius 3 is 2.75 bits per heavy atom. The van der Waals surface area contributed by atoms with Gasteiger partial charge in [-0.3, -0.25) is 4.79 Å². The van der Waals surface area contributed by atoms with E-state index < -0.39 is 18.2 Å². The number of hydrogen-bond acceptors (Lipinski definition) is 2. The Morgan fingerprint density at radius 2 is 2.42 bits per heavy atom. The molecule has 1 amide bonds. The molecule has 0 aromatic rings. The molecule has 1 aliphatic rings. The van der Waals surface area contributed by atoms with Gasteiger partial charge < -0.3 is 10.0 Å². The first kappa shape index (κ1) is 8.96. The fraction of sp³-hybridized carbons (Fsp3) is 0.714. The number of hydrogen-bond donors (Lipinski definition) is 1. The molecule has 12 heavy (non-hydrogen) atoms. The summed E-state index contributed by atoms with van der Waals surface area (Å²) in [7, 11) is 1.43. The summed E-state index contributed by atoms with van der Waals surface area (Å²) in [6.45, 7) is 0. The second-order valence-electron chi connectivity index (χ2n) is 2.85. The smallest absolute Gasteiger partial charge is 0.340 e. The van der Waals surface area contributed by atoms with Crippen LogP contribution < -0.4 is 0 Å². The molecule has 0 bridgehead atoms. The fourth-order valence-electron chi connectivity index (χ4n) is 1.33. The lowest BCUT2D eigenvalue weighted by Crippen LogP contribution is -2.40. The Balaban J connectivity index is 2.65. The van der Waals surface area contributed by atoms with Crippen LogP contribution in [0, 0.1) is 0 Å². The standard InChI is InChI=1S/C7H10FNO3/c1-9-4(2-3-5(9)10)6(8)7(11)12/h4,6H,2-3H2,1H3,(H,11,12). The van der Waals surface area contributed by atoms with Crippen LogP contribution in [0.1, 0.15) is 12.8 Å². The molecule has 1 aliphatic heterocycles. The molecule has 0 saturated carbocycles. The second kappa shape index (κ2) is 3.08. The third-order valence-electron chi connectivity index (χ3n) is 2.12. The van der Waals surface area contributed by atoms with Crippen molar-refractivity contribution in [3.63, 3.8) is 0 Å². The van der Waals surface area contributed by atoms with Gasteiger partial charge in [0.25, 0.3) is 0 Å². The van der Waals surface area contributed by atoms with Crippen molar-refractivity contribution < 1.29 is 19.1 Å². The number of carbonyl (C=O) groups excluding carboxylic acids is 1. The molecule has 1 rings (SSSR count). The molecule has 1 saturated heterocycles. The summed E-state index contributed by atoms with van der Waals surface area (Å²) >= 11 is 0. The van der Waals surface area contributed by atoms with Gasteiger partial charge in [0.1, 0.15) is 0 Å². The summed E-state index contributed by atoms with van der Waals surface area (Å²) in [5.41, 5.74) is 0. The molecule has 1 heterocycles. The zero-order valence-electron chi connectivity index (χ0n) is 6.66. The van der Waals surface area contributed by atoms with Crippen LogP contribution in [0.2, 0.25) is 0 Å². The van der Waals surface area contributed by atoms with Gasteiger partial charge in [0.05, 0.1) is 6.04 Å². The first-order valence-corrected chi connectivity index (χ1v) is 3.66. The number of carbonyl (C=O) groups is 2. The van der Waals surface area contributed by atoms with Crippen molar-refractivity contribution in [1.82, 2.24) is 4.90 Å². The number of likely N-dealkylation sites (tertiary alicyclic amines) is 1. The van der Waals surface area contributed by atoms with E-state index in [2.05, 4.69) is 0 Å². The highest BCUT2D eigenvalue weighted by molar-refractivity contribution is 5.81. The van der Waals surface area contributed by atoms with Gasteiger partial charge in [-0.15, -0.1) is 0 Å². The summed E-state index contributed by atoms with van der Waals surface area (Å²) in [6.07, 6.45) is -1.42. The Bertz CT molecular complexity index is 219. The predicted molar refractivity (Wildman–Crippen MR) is 38.3 cm³/mol. The Hall–Kier alpha value is -1.13. The van der Waals surface area contributed by atoms with Crippen molar-refractivity contribution in [2.75, 3.05) is 7.05 Å². The summed E-state index contributed by atoms with van der Waals surface area (Å²) < 4.78 is 12.9. The van der Waals surface area contributed by atoms with E-state index in [9.17, 15) is 14.0 Å². The van der Waals surface area contributed by atoms with Crippen LogP contribution in [0.5, 0.6) is 0 Å². The van der Waals surface area contributed by atoms with Crippen LogP contribution in [0.3, 0.4) is 0 Å². The van der Waals surface area contributed by atoms with Gasteiger partial charge in [0, 0.05) is 13.5 Å². The lowest BCUT2D eigenvalue weighted by atomic mass is 10.1. The number of alkyl halides is 1. The van der Waals surface area contributed by atoms with Crippen LogP contribution in [0.4, 0.5) is 4.39 Å². The Morgan fingerprint density at radius 1 is 1.83 bits per heavy atom. The summed E-state index contributed by atoms with van der Waals surface area (Å²) in [6, 6.07) is -0.782. The number of rotatable bonds is 2. The third kappa shape index (κ3) is 1.39. The average molecular weight is 175 g/mol. The minimum atomic E-state index is -1.96. The van der Waals surface area contributed by atoms with Gasteiger partial charge in [-0.25, -0.2) is 9.18 Å². The Labute approximate surface area is 69.0 Å². The monoisotopic (exact) mass is 175 g/mol. The van der Waals surface area contributed by atoms with E-state index in [1.165, 1.54) is 11.9 Å². The SMILES string of the molecule is CN1C(=O)CCC1C(F)C(=O)O. The molecule has 0 radical (unpaired) electrons. The first-order valence-electron chi connectivity index (χ1n) is 3.66. The topological polar surface area (TPSA) is 57.6 Å². The molecule has 4 nitrogen and oxygen atoms in total. The average Bonchev–Trinajstić information content (AvgIpc) is 2.32. The highest BCUT2D eigenvalue weighted by Crippen LogP contribution is 2.21. The van der Waals surface area contributed by atoms with Crippen molar-refractivity contribution in [2.45, 2.75) is 25.1 Å². The van der Waals surface area contributed by atoms with E-state index in [0.29, 0.717) is 6.42 Å². The van der Waals surface area contributed by atoms with Crippen LogP contribution >= 0.6 is 0 Å². The summed E-state index contributed by atoms with van der Waals surface area (Å²) in [5, 5.41) is 8.33. The maximum absolute atomic E-state index is 12.9. The molecule has 0 aromatic heterocycles. The molecular formula is C7H10FNO3. The van der Waals surface area contributed by atoms with Crippen LogP contribution in [0.15, 0.2) is 0 Å². The van der Waals surface area contributed by atoms with E-state index in [1.807, 2.05) is 0 Å². The Kier molecular flexibility index (Phi) is 2.30. The van der Waals surface area contributed by atoms with E-state index in [1.54, 1.807) is 0 Å². The van der Waals surface area contributed by atoms with Gasteiger partial charge in [-0.2, -0.15) is 0 Å². The fourth-order valence-corrected chi connectivity index (χ4v) is 1.33. The van der Waals surface area contributed by atoms with Crippen LogP contribution in [-0.4, -0.2) is 41.1 Å². The maximum Gasteiger partial charge on any atom is 0.340 e. The van der Waals surface area contributed by atoms with Crippen LogP contribution in [-0.2, 0) is 9.59 Å². The molecule has 0 spiro atoms. The zero-order chi connectivity index (χ0) is 9.30. The number of halogens is 1. The molecule has 5 heteroatoms. The lowest BCUT2D eigenvalue weighted by Gasteiger charge is -2.20. The van der Waals surface area contributed by atoms with E-state index in [-0.39, 0.29) is 12.3 Å². The van der Waals surface area contributed by atoms with Crippen molar-refractivity contribution in [2.24, 2.45) is 0 Å². The molecule has 0 aromatic carbocycles. The van der Waals surface area contributed by atoms with Crippen molar-refractivity contribution in [3.05, 3.63) is 0 Å². The largest absolute Gasteiger partial charge is 0.479 e. The van der Waals surface area contributed by atoms with Gasteiger partial charge in [-0.05, 0) is 6.42 Å². The summed E-state index contributed by atoms with van der Waals surface area (Å²) in [4.78, 5) is 22.3. The molecule has 68 valence electrons. The van der Waals surface area contributed by atoms with Crippen molar-refractivity contribution in [1.29, 1.82) is 0 Å². The first-order chi connectivity index (χ1) is 5.54. The molecule has 1 N–H and O–H groups in total. The zero-order valence-corrected chi connectivity index (χ0v) is 6.66. The number of carboxylic acids is 1. The number of aliphatic carboxylic acids is 1. The van der Waals surface area contributed by atoms with E-state index in [4.69, 9.17) is 5.11 Å². The summed E-state index contributed by atoms with van der Waals surface area (Å²) in [5.74, 6) is -1.69. The number of nitrogens with zero attached hydrogens (tertiary/aromatic N) is 1. The normalized spacial score (nSPS) is 26.0. The predicted octanol–water partition coefficient (Wildman–Crippen LogP) is 0.0299. The highest BCUT2D eigenvalue weighted by Gasteiger charge is 2.37. The third-order valence-corrected chi connectivity index (χ3v) is 2.12. The van der Waals surface area contributed by atoms with Crippen molar-refractivity contribution >= 4 is 11.9 Å². The molecule has 2 unspecified atom stereocenters. The van der Waals surface area contributed by atoms with Gasteiger partial charge >= 0.3 is 5.97 Å².